The molecule has 0 spiro atoms. The summed E-state index contributed by atoms with van der Waals surface area (Å²) in [5.41, 5.74) is -0.491. The molecule has 0 aliphatic carbocycles. The Bertz CT molecular complexity index is 181. The highest BCUT2D eigenvalue weighted by atomic mass is 16.6. The van der Waals surface area contributed by atoms with Gasteiger partial charge in [0.25, 0.3) is 0 Å². The molecule has 0 aromatic heterocycles. The highest BCUT2D eigenvalue weighted by molar-refractivity contribution is 5.80. The number of amides is 1. The van der Waals surface area contributed by atoms with Gasteiger partial charge in [-0.1, -0.05) is 0 Å². The van der Waals surface area contributed by atoms with Crippen molar-refractivity contribution in [3.8, 4) is 0 Å². The van der Waals surface area contributed by atoms with Crippen LogP contribution in [0.2, 0.25) is 0 Å². The summed E-state index contributed by atoms with van der Waals surface area (Å²) in [6, 6.07) is 0. The van der Waals surface area contributed by atoms with Gasteiger partial charge in [0.15, 0.2) is 0 Å². The van der Waals surface area contributed by atoms with E-state index in [0.29, 0.717) is 0 Å². The third-order valence-corrected chi connectivity index (χ3v) is 0.902. The lowest BCUT2D eigenvalue weighted by Gasteiger charge is -2.19. The second kappa shape index (κ2) is 4.09. The van der Waals surface area contributed by atoms with Gasteiger partial charge in [-0.05, 0) is 20.8 Å². The van der Waals surface area contributed by atoms with Crippen LogP contribution >= 0.6 is 0 Å². The highest BCUT2D eigenvalue weighted by Crippen LogP contribution is 2.05. The molecule has 12 heavy (non-hydrogen) atoms. The Hall–Kier alpha value is -1.06. The maximum atomic E-state index is 10.9. The first-order valence-electron chi connectivity index (χ1n) is 3.77. The SMILES string of the molecule is CC(=O)NCC(=O)OC(C)(C)C. The first kappa shape index (κ1) is 10.9. The largest absolute Gasteiger partial charge is 0.459 e. The predicted molar refractivity (Wildman–Crippen MR) is 44.5 cm³/mol. The molecule has 1 N–H and O–H groups in total. The van der Waals surface area contributed by atoms with Gasteiger partial charge in [-0.15, -0.1) is 0 Å². The summed E-state index contributed by atoms with van der Waals surface area (Å²) in [4.78, 5) is 21.3. The molecule has 0 bridgehead atoms. The number of nitrogens with one attached hydrogen (secondary N) is 1. The van der Waals surface area contributed by atoms with Gasteiger partial charge in [-0.2, -0.15) is 0 Å². The van der Waals surface area contributed by atoms with Crippen LogP contribution in [-0.2, 0) is 14.3 Å². The zero-order valence-electron chi connectivity index (χ0n) is 7.93. The van der Waals surface area contributed by atoms with Gasteiger partial charge in [-0.3, -0.25) is 9.59 Å². The molecule has 70 valence electrons. The summed E-state index contributed by atoms with van der Waals surface area (Å²) in [7, 11) is 0. The Labute approximate surface area is 72.3 Å². The number of esters is 1. The van der Waals surface area contributed by atoms with E-state index >= 15 is 0 Å². The quantitative estimate of drug-likeness (QED) is 0.617. The molecule has 0 aromatic carbocycles. The van der Waals surface area contributed by atoms with E-state index in [1.54, 1.807) is 20.8 Å². The molecule has 0 radical (unpaired) electrons. The third kappa shape index (κ3) is 7.05. The van der Waals surface area contributed by atoms with E-state index in [9.17, 15) is 9.59 Å². The van der Waals surface area contributed by atoms with Crippen molar-refractivity contribution in [2.75, 3.05) is 6.54 Å². The van der Waals surface area contributed by atoms with E-state index in [0.717, 1.165) is 0 Å². The number of carbonyl (C=O) groups is 2. The fourth-order valence-corrected chi connectivity index (χ4v) is 0.574. The van der Waals surface area contributed by atoms with Gasteiger partial charge in [0.2, 0.25) is 5.91 Å². The fraction of sp³-hybridized carbons (Fsp3) is 0.750. The van der Waals surface area contributed by atoms with Crippen LogP contribution in [0.15, 0.2) is 0 Å². The van der Waals surface area contributed by atoms with Crippen molar-refractivity contribution >= 4 is 11.9 Å². The zero-order valence-corrected chi connectivity index (χ0v) is 7.93. The average Bonchev–Trinajstić information content (AvgIpc) is 1.79. The molecule has 0 aromatic rings. The van der Waals surface area contributed by atoms with E-state index < -0.39 is 11.6 Å². The molecule has 0 unspecified atom stereocenters. The zero-order chi connectivity index (χ0) is 9.78. The molecule has 0 aliphatic rings. The third-order valence-electron chi connectivity index (χ3n) is 0.902. The lowest BCUT2D eigenvalue weighted by atomic mass is 10.2. The van der Waals surface area contributed by atoms with Gasteiger partial charge in [0, 0.05) is 6.92 Å². The minimum atomic E-state index is -0.491. The topological polar surface area (TPSA) is 55.4 Å². The molecular weight excluding hydrogens is 158 g/mol. The second-order valence-corrected chi connectivity index (χ2v) is 3.50. The molecule has 0 aliphatic heterocycles. The molecular formula is C8H15NO3. The molecule has 0 fully saturated rings. The molecule has 0 saturated heterocycles. The first-order valence-corrected chi connectivity index (χ1v) is 3.77. The molecule has 4 heteroatoms. The van der Waals surface area contributed by atoms with Gasteiger partial charge in [0.1, 0.15) is 12.1 Å². The van der Waals surface area contributed by atoms with E-state index in [2.05, 4.69) is 5.32 Å². The molecule has 0 atom stereocenters. The van der Waals surface area contributed by atoms with Crippen molar-refractivity contribution in [1.29, 1.82) is 0 Å². The summed E-state index contributed by atoms with van der Waals surface area (Å²) in [5.74, 6) is -0.654. The Balaban J connectivity index is 3.68. The Kier molecular flexibility index (Phi) is 3.73. The maximum absolute atomic E-state index is 10.9. The number of hydrogen-bond donors (Lipinski definition) is 1. The smallest absolute Gasteiger partial charge is 0.325 e. The minimum absolute atomic E-state index is 0.0629. The molecule has 0 saturated carbocycles. The lowest BCUT2D eigenvalue weighted by molar-refractivity contribution is -0.154. The van der Waals surface area contributed by atoms with Crippen molar-refractivity contribution in [2.45, 2.75) is 33.3 Å². The summed E-state index contributed by atoms with van der Waals surface area (Å²) >= 11 is 0. The van der Waals surface area contributed by atoms with Gasteiger partial charge >= 0.3 is 5.97 Å². The normalized spacial score (nSPS) is 10.7. The molecule has 1 amide bonds. The van der Waals surface area contributed by atoms with Crippen LogP contribution in [0.25, 0.3) is 0 Å². The van der Waals surface area contributed by atoms with Crippen LogP contribution in [0.5, 0.6) is 0 Å². The summed E-state index contributed by atoms with van der Waals surface area (Å²) in [5, 5.41) is 2.35. The first-order chi connectivity index (χ1) is 5.31. The Morgan fingerprint density at radius 1 is 1.33 bits per heavy atom. The van der Waals surface area contributed by atoms with Crippen molar-refractivity contribution in [2.24, 2.45) is 0 Å². The van der Waals surface area contributed by atoms with E-state index in [-0.39, 0.29) is 12.5 Å². The number of rotatable bonds is 2. The number of ether oxygens (including phenoxy) is 1. The molecule has 0 rings (SSSR count). The fourth-order valence-electron chi connectivity index (χ4n) is 0.574. The number of carbonyl (C=O) groups excluding carboxylic acids is 2. The van der Waals surface area contributed by atoms with E-state index in [1.807, 2.05) is 0 Å². The Morgan fingerprint density at radius 3 is 2.17 bits per heavy atom. The van der Waals surface area contributed by atoms with Gasteiger partial charge < -0.3 is 10.1 Å². The van der Waals surface area contributed by atoms with Crippen molar-refractivity contribution in [3.63, 3.8) is 0 Å². The predicted octanol–water partition coefficient (Wildman–Crippen LogP) is 0.464. The average molecular weight is 173 g/mol. The highest BCUT2D eigenvalue weighted by Gasteiger charge is 2.15. The second-order valence-electron chi connectivity index (χ2n) is 3.50. The van der Waals surface area contributed by atoms with Crippen LogP contribution in [0.1, 0.15) is 27.7 Å². The molecule has 4 nitrogen and oxygen atoms in total. The maximum Gasteiger partial charge on any atom is 0.325 e. The summed E-state index contributed by atoms with van der Waals surface area (Å²) in [6.07, 6.45) is 0. The van der Waals surface area contributed by atoms with Gasteiger partial charge in [0.05, 0.1) is 0 Å². The van der Waals surface area contributed by atoms with Crippen LogP contribution in [0.4, 0.5) is 0 Å². The van der Waals surface area contributed by atoms with Gasteiger partial charge in [-0.25, -0.2) is 0 Å². The minimum Gasteiger partial charge on any atom is -0.459 e. The van der Waals surface area contributed by atoms with Crippen LogP contribution in [-0.4, -0.2) is 24.0 Å². The monoisotopic (exact) mass is 173 g/mol. The molecule has 0 heterocycles. The van der Waals surface area contributed by atoms with Crippen LogP contribution < -0.4 is 5.32 Å². The van der Waals surface area contributed by atoms with Crippen molar-refractivity contribution < 1.29 is 14.3 Å². The van der Waals surface area contributed by atoms with Crippen LogP contribution in [0, 0.1) is 0 Å². The summed E-state index contributed by atoms with van der Waals surface area (Å²) < 4.78 is 4.93. The standard InChI is InChI=1S/C8H15NO3/c1-6(10)9-5-7(11)12-8(2,3)4/h5H2,1-4H3,(H,9,10). The van der Waals surface area contributed by atoms with Crippen molar-refractivity contribution in [3.05, 3.63) is 0 Å². The summed E-state index contributed by atoms with van der Waals surface area (Å²) in [6.45, 7) is 6.62. The lowest BCUT2D eigenvalue weighted by Crippen LogP contribution is -2.33. The number of hydrogen-bond acceptors (Lipinski definition) is 3. The Morgan fingerprint density at radius 2 is 1.83 bits per heavy atom. The van der Waals surface area contributed by atoms with E-state index in [1.165, 1.54) is 6.92 Å². The van der Waals surface area contributed by atoms with Crippen molar-refractivity contribution in [1.82, 2.24) is 5.32 Å². The van der Waals surface area contributed by atoms with E-state index in [4.69, 9.17) is 4.74 Å². The van der Waals surface area contributed by atoms with Crippen LogP contribution in [0.3, 0.4) is 0 Å².